The van der Waals surface area contributed by atoms with Gasteiger partial charge in [-0.1, -0.05) is 6.92 Å². The van der Waals surface area contributed by atoms with Crippen LogP contribution in [-0.2, 0) is 6.42 Å². The lowest BCUT2D eigenvalue weighted by Crippen LogP contribution is -2.52. The summed E-state index contributed by atoms with van der Waals surface area (Å²) in [5, 5.41) is 6.79. The Morgan fingerprint density at radius 2 is 2.35 bits per heavy atom. The standard InChI is InChI=1S/C14H23N3OS2/c1-10-9-20-13(16-10)5-4-6-15-14(18)17-7-8-19-12(3)11(17)2/h9,11-12H,4-8H2,1-3H3,(H,15,18)/t11-,12+/m0/s1. The summed E-state index contributed by atoms with van der Waals surface area (Å²) in [6, 6.07) is 0.398. The van der Waals surface area contributed by atoms with Crippen LogP contribution in [0.1, 0.15) is 31.0 Å². The van der Waals surface area contributed by atoms with Crippen LogP contribution >= 0.6 is 23.1 Å². The Hall–Kier alpha value is -0.750. The zero-order valence-corrected chi connectivity index (χ0v) is 14.0. The fraction of sp³-hybridized carbons (Fsp3) is 0.714. The summed E-state index contributed by atoms with van der Waals surface area (Å²) in [6.45, 7) is 7.92. The van der Waals surface area contributed by atoms with Crippen LogP contribution in [0.15, 0.2) is 5.38 Å². The van der Waals surface area contributed by atoms with Crippen LogP contribution in [0.3, 0.4) is 0 Å². The minimum Gasteiger partial charge on any atom is -0.338 e. The number of amides is 2. The number of thioether (sulfide) groups is 1. The molecular weight excluding hydrogens is 290 g/mol. The molecule has 6 heteroatoms. The second-order valence-corrected chi connectivity index (χ2v) is 7.66. The molecule has 1 N–H and O–H groups in total. The van der Waals surface area contributed by atoms with Crippen LogP contribution in [0.25, 0.3) is 0 Å². The van der Waals surface area contributed by atoms with Crippen molar-refractivity contribution in [1.82, 2.24) is 15.2 Å². The maximum absolute atomic E-state index is 12.2. The molecule has 112 valence electrons. The summed E-state index contributed by atoms with van der Waals surface area (Å²) >= 11 is 3.65. The Kier molecular flexibility index (Phi) is 5.72. The van der Waals surface area contributed by atoms with Crippen LogP contribution in [0.2, 0.25) is 0 Å². The largest absolute Gasteiger partial charge is 0.338 e. The van der Waals surface area contributed by atoms with E-state index in [1.807, 2.05) is 23.6 Å². The molecule has 2 heterocycles. The van der Waals surface area contributed by atoms with Crippen LogP contribution in [0, 0.1) is 6.92 Å². The number of hydrogen-bond donors (Lipinski definition) is 1. The normalized spacial score (nSPS) is 22.9. The number of rotatable bonds is 4. The maximum atomic E-state index is 12.2. The van der Waals surface area contributed by atoms with E-state index in [-0.39, 0.29) is 6.03 Å². The molecular formula is C14H23N3OS2. The Morgan fingerprint density at radius 3 is 3.05 bits per heavy atom. The molecule has 0 aromatic carbocycles. The van der Waals surface area contributed by atoms with E-state index >= 15 is 0 Å². The summed E-state index contributed by atoms with van der Waals surface area (Å²) in [6.07, 6.45) is 1.89. The number of aromatic nitrogens is 1. The quantitative estimate of drug-likeness (QED) is 0.869. The summed E-state index contributed by atoms with van der Waals surface area (Å²) in [5.41, 5.74) is 1.09. The zero-order valence-electron chi connectivity index (χ0n) is 12.4. The molecule has 1 fully saturated rings. The van der Waals surface area contributed by atoms with Crippen LogP contribution in [-0.4, -0.2) is 46.0 Å². The number of thiazole rings is 1. The van der Waals surface area contributed by atoms with Gasteiger partial charge >= 0.3 is 6.03 Å². The van der Waals surface area contributed by atoms with Crippen molar-refractivity contribution in [3.63, 3.8) is 0 Å². The average Bonchev–Trinajstić information content (AvgIpc) is 2.83. The highest BCUT2D eigenvalue weighted by molar-refractivity contribution is 8.00. The average molecular weight is 313 g/mol. The van der Waals surface area contributed by atoms with E-state index in [1.54, 1.807) is 11.3 Å². The van der Waals surface area contributed by atoms with Crippen molar-refractivity contribution in [2.75, 3.05) is 18.8 Å². The number of aryl methyl sites for hydroxylation is 2. The second kappa shape index (κ2) is 7.31. The van der Waals surface area contributed by atoms with Crippen molar-refractivity contribution in [3.8, 4) is 0 Å². The molecule has 2 rings (SSSR count). The molecule has 4 nitrogen and oxygen atoms in total. The van der Waals surface area contributed by atoms with Gasteiger partial charge in [0.05, 0.1) is 5.01 Å². The van der Waals surface area contributed by atoms with E-state index in [0.29, 0.717) is 11.3 Å². The van der Waals surface area contributed by atoms with Gasteiger partial charge in [0.15, 0.2) is 0 Å². The monoisotopic (exact) mass is 313 g/mol. The predicted octanol–water partition coefficient (Wildman–Crippen LogP) is 2.92. The lowest BCUT2D eigenvalue weighted by atomic mass is 10.2. The third kappa shape index (κ3) is 4.12. The third-order valence-corrected chi connectivity index (χ3v) is 6.02. The highest BCUT2D eigenvalue weighted by atomic mass is 32.2. The molecule has 1 aliphatic rings. The van der Waals surface area contributed by atoms with Crippen LogP contribution in [0.5, 0.6) is 0 Å². The molecule has 0 bridgehead atoms. The van der Waals surface area contributed by atoms with Gasteiger partial charge in [-0.25, -0.2) is 9.78 Å². The van der Waals surface area contributed by atoms with E-state index in [4.69, 9.17) is 0 Å². The Labute approximate surface area is 129 Å². The molecule has 1 saturated heterocycles. The molecule has 0 unspecified atom stereocenters. The van der Waals surface area contributed by atoms with E-state index in [0.717, 1.165) is 42.4 Å². The first kappa shape index (κ1) is 15.6. The topological polar surface area (TPSA) is 45.2 Å². The summed E-state index contributed by atoms with van der Waals surface area (Å²) in [7, 11) is 0. The molecule has 2 atom stereocenters. The van der Waals surface area contributed by atoms with Crippen molar-refractivity contribution in [2.24, 2.45) is 0 Å². The minimum atomic E-state index is 0.0833. The van der Waals surface area contributed by atoms with Gasteiger partial charge in [0, 0.05) is 47.6 Å². The number of hydrogen-bond acceptors (Lipinski definition) is 4. The number of urea groups is 1. The third-order valence-electron chi connectivity index (χ3n) is 3.65. The van der Waals surface area contributed by atoms with Gasteiger partial charge in [0.25, 0.3) is 0 Å². The number of nitrogens with zero attached hydrogens (tertiary/aromatic N) is 2. The Bertz CT molecular complexity index is 449. The predicted molar refractivity (Wildman–Crippen MR) is 86.7 cm³/mol. The fourth-order valence-electron chi connectivity index (χ4n) is 2.27. The van der Waals surface area contributed by atoms with Gasteiger partial charge in [-0.15, -0.1) is 11.3 Å². The summed E-state index contributed by atoms with van der Waals surface area (Å²) < 4.78 is 0. The highest BCUT2D eigenvalue weighted by Crippen LogP contribution is 2.24. The SMILES string of the molecule is Cc1csc(CCCNC(=O)N2CCS[C@H](C)[C@@H]2C)n1. The van der Waals surface area contributed by atoms with Gasteiger partial charge in [-0.2, -0.15) is 11.8 Å². The maximum Gasteiger partial charge on any atom is 0.317 e. The second-order valence-electron chi connectivity index (χ2n) is 5.23. The molecule has 1 aliphatic heterocycles. The fourth-order valence-corrected chi connectivity index (χ4v) is 4.19. The van der Waals surface area contributed by atoms with Crippen molar-refractivity contribution in [3.05, 3.63) is 16.1 Å². The molecule has 0 radical (unpaired) electrons. The first-order chi connectivity index (χ1) is 9.58. The minimum absolute atomic E-state index is 0.0833. The molecule has 1 aromatic rings. The van der Waals surface area contributed by atoms with Crippen molar-refractivity contribution < 1.29 is 4.79 Å². The molecule has 0 aliphatic carbocycles. The molecule has 1 aromatic heterocycles. The Balaban J connectivity index is 1.69. The molecule has 0 saturated carbocycles. The number of carbonyl (C=O) groups is 1. The lowest BCUT2D eigenvalue weighted by Gasteiger charge is -2.37. The van der Waals surface area contributed by atoms with Crippen molar-refractivity contribution >= 4 is 29.1 Å². The van der Waals surface area contributed by atoms with E-state index in [1.165, 1.54) is 0 Å². The van der Waals surface area contributed by atoms with Gasteiger partial charge in [0.2, 0.25) is 0 Å². The van der Waals surface area contributed by atoms with E-state index in [2.05, 4.69) is 29.5 Å². The Morgan fingerprint density at radius 1 is 1.55 bits per heavy atom. The zero-order chi connectivity index (χ0) is 14.5. The highest BCUT2D eigenvalue weighted by Gasteiger charge is 2.28. The van der Waals surface area contributed by atoms with Crippen LogP contribution < -0.4 is 5.32 Å². The summed E-state index contributed by atoms with van der Waals surface area (Å²) in [4.78, 5) is 18.6. The number of carbonyl (C=O) groups excluding carboxylic acids is 1. The van der Waals surface area contributed by atoms with Crippen LogP contribution in [0.4, 0.5) is 4.79 Å². The number of nitrogens with one attached hydrogen (secondary N) is 1. The smallest absolute Gasteiger partial charge is 0.317 e. The van der Waals surface area contributed by atoms with Gasteiger partial charge in [-0.05, 0) is 20.3 Å². The van der Waals surface area contributed by atoms with Crippen molar-refractivity contribution in [2.45, 2.75) is 44.9 Å². The molecule has 2 amide bonds. The van der Waals surface area contributed by atoms with Gasteiger partial charge in [-0.3, -0.25) is 0 Å². The van der Waals surface area contributed by atoms with Crippen molar-refractivity contribution in [1.29, 1.82) is 0 Å². The van der Waals surface area contributed by atoms with Gasteiger partial charge < -0.3 is 10.2 Å². The van der Waals surface area contributed by atoms with Gasteiger partial charge in [0.1, 0.15) is 0 Å². The lowest BCUT2D eigenvalue weighted by molar-refractivity contribution is 0.180. The molecule has 0 spiro atoms. The van der Waals surface area contributed by atoms with E-state index < -0.39 is 0 Å². The summed E-state index contributed by atoms with van der Waals surface area (Å²) in [5.74, 6) is 1.04. The first-order valence-electron chi connectivity index (χ1n) is 7.15. The first-order valence-corrected chi connectivity index (χ1v) is 9.08. The molecule has 20 heavy (non-hydrogen) atoms. The van der Waals surface area contributed by atoms with E-state index in [9.17, 15) is 4.79 Å².